The molecule has 0 spiro atoms. The molecule has 116 valence electrons. The maximum absolute atomic E-state index is 11.7. The Bertz CT molecular complexity index is 693. The molecule has 2 rings (SSSR count). The van der Waals surface area contributed by atoms with Crippen LogP contribution in [0.4, 0.5) is 0 Å². The third-order valence-corrected chi connectivity index (χ3v) is 3.04. The van der Waals surface area contributed by atoms with Crippen molar-refractivity contribution in [2.75, 3.05) is 13.2 Å². The molecule has 0 bridgehead atoms. The summed E-state index contributed by atoms with van der Waals surface area (Å²) in [5.74, 6) is 0.415. The zero-order chi connectivity index (χ0) is 15.9. The minimum atomic E-state index is -0.235. The van der Waals surface area contributed by atoms with Gasteiger partial charge in [-0.15, -0.1) is 0 Å². The third kappa shape index (κ3) is 4.73. The van der Waals surface area contributed by atoms with Gasteiger partial charge in [0.05, 0.1) is 12.2 Å². The molecule has 0 saturated carbocycles. The Morgan fingerprint density at radius 3 is 2.64 bits per heavy atom. The van der Waals surface area contributed by atoms with Gasteiger partial charge in [-0.1, -0.05) is 17.7 Å². The van der Waals surface area contributed by atoms with E-state index in [1.165, 1.54) is 10.7 Å². The van der Waals surface area contributed by atoms with Crippen molar-refractivity contribution >= 4 is 5.91 Å². The summed E-state index contributed by atoms with van der Waals surface area (Å²) in [7, 11) is 0. The van der Waals surface area contributed by atoms with Crippen molar-refractivity contribution < 1.29 is 9.53 Å². The summed E-state index contributed by atoms with van der Waals surface area (Å²) in [6, 6.07) is 10.6. The van der Waals surface area contributed by atoms with Gasteiger partial charge in [-0.25, -0.2) is 4.68 Å². The average Bonchev–Trinajstić information content (AvgIpc) is 2.50. The van der Waals surface area contributed by atoms with Crippen LogP contribution >= 0.6 is 0 Å². The zero-order valence-electron chi connectivity index (χ0n) is 12.7. The Hall–Kier alpha value is -2.63. The topological polar surface area (TPSA) is 73.2 Å². The van der Waals surface area contributed by atoms with Gasteiger partial charge in [-0.3, -0.25) is 9.59 Å². The molecule has 1 heterocycles. The van der Waals surface area contributed by atoms with Gasteiger partial charge < -0.3 is 10.1 Å². The van der Waals surface area contributed by atoms with Crippen LogP contribution in [0.2, 0.25) is 0 Å². The van der Waals surface area contributed by atoms with E-state index in [1.807, 2.05) is 38.1 Å². The average molecular weight is 301 g/mol. The second kappa shape index (κ2) is 7.40. The Kier molecular flexibility index (Phi) is 5.30. The van der Waals surface area contributed by atoms with Crippen molar-refractivity contribution in [2.24, 2.45) is 0 Å². The quantitative estimate of drug-likeness (QED) is 0.865. The monoisotopic (exact) mass is 301 g/mol. The van der Waals surface area contributed by atoms with Crippen LogP contribution in [-0.4, -0.2) is 28.8 Å². The SMILES string of the molecule is Cc1ccc(OCC(=O)NCCn2nc(C)ccc2=O)cc1. The van der Waals surface area contributed by atoms with Crippen LogP contribution in [-0.2, 0) is 11.3 Å². The van der Waals surface area contributed by atoms with Gasteiger partial charge >= 0.3 is 0 Å². The lowest BCUT2D eigenvalue weighted by atomic mass is 10.2. The number of hydrogen-bond donors (Lipinski definition) is 1. The lowest BCUT2D eigenvalue weighted by Gasteiger charge is -2.08. The molecule has 0 aliphatic carbocycles. The fourth-order valence-corrected chi connectivity index (χ4v) is 1.85. The summed E-state index contributed by atoms with van der Waals surface area (Å²) in [6.45, 7) is 4.39. The largest absolute Gasteiger partial charge is 0.484 e. The molecule has 1 aromatic heterocycles. The van der Waals surface area contributed by atoms with E-state index in [4.69, 9.17) is 4.74 Å². The fraction of sp³-hybridized carbons (Fsp3) is 0.312. The minimum absolute atomic E-state index is 0.0563. The van der Waals surface area contributed by atoms with Gasteiger partial charge in [0.1, 0.15) is 5.75 Å². The van der Waals surface area contributed by atoms with Gasteiger partial charge in [-0.2, -0.15) is 5.10 Å². The van der Waals surface area contributed by atoms with Crippen LogP contribution in [0.1, 0.15) is 11.3 Å². The first-order chi connectivity index (χ1) is 10.5. The van der Waals surface area contributed by atoms with E-state index in [1.54, 1.807) is 6.07 Å². The Labute approximate surface area is 128 Å². The number of carbonyl (C=O) groups is 1. The number of rotatable bonds is 6. The first-order valence-corrected chi connectivity index (χ1v) is 7.05. The Morgan fingerprint density at radius 1 is 1.18 bits per heavy atom. The number of nitrogens with one attached hydrogen (secondary N) is 1. The highest BCUT2D eigenvalue weighted by molar-refractivity contribution is 5.77. The van der Waals surface area contributed by atoms with Crippen molar-refractivity contribution in [1.82, 2.24) is 15.1 Å². The van der Waals surface area contributed by atoms with Gasteiger partial charge in [0.25, 0.3) is 11.5 Å². The molecule has 1 aromatic carbocycles. The van der Waals surface area contributed by atoms with Crippen LogP contribution in [0.3, 0.4) is 0 Å². The van der Waals surface area contributed by atoms with Crippen LogP contribution in [0.15, 0.2) is 41.2 Å². The highest BCUT2D eigenvalue weighted by atomic mass is 16.5. The summed E-state index contributed by atoms with van der Waals surface area (Å²) >= 11 is 0. The molecule has 0 atom stereocenters. The molecular weight excluding hydrogens is 282 g/mol. The molecule has 0 fully saturated rings. The predicted octanol–water partition coefficient (Wildman–Crippen LogP) is 1.06. The maximum Gasteiger partial charge on any atom is 0.266 e. The van der Waals surface area contributed by atoms with Gasteiger partial charge in [0, 0.05) is 12.6 Å². The smallest absolute Gasteiger partial charge is 0.266 e. The number of carbonyl (C=O) groups excluding carboxylic acids is 1. The summed E-state index contributed by atoms with van der Waals surface area (Å²) in [6.07, 6.45) is 0. The number of benzene rings is 1. The second-order valence-corrected chi connectivity index (χ2v) is 4.99. The first kappa shape index (κ1) is 15.8. The first-order valence-electron chi connectivity index (χ1n) is 7.05. The summed E-state index contributed by atoms with van der Waals surface area (Å²) in [4.78, 5) is 23.2. The molecule has 2 aromatic rings. The number of hydrogen-bond acceptors (Lipinski definition) is 4. The molecule has 1 N–H and O–H groups in total. The van der Waals surface area contributed by atoms with Gasteiger partial charge in [-0.05, 0) is 32.0 Å². The zero-order valence-corrected chi connectivity index (χ0v) is 12.7. The van der Waals surface area contributed by atoms with Crippen molar-refractivity contribution in [3.05, 3.63) is 58.0 Å². The van der Waals surface area contributed by atoms with Crippen LogP contribution in [0.5, 0.6) is 5.75 Å². The minimum Gasteiger partial charge on any atom is -0.484 e. The predicted molar refractivity (Wildman–Crippen MR) is 82.9 cm³/mol. The van der Waals surface area contributed by atoms with E-state index in [0.717, 1.165) is 11.3 Å². The van der Waals surface area contributed by atoms with Crippen molar-refractivity contribution in [3.8, 4) is 5.75 Å². The fourth-order valence-electron chi connectivity index (χ4n) is 1.85. The Balaban J connectivity index is 1.75. The number of aromatic nitrogens is 2. The molecule has 0 aliphatic heterocycles. The number of amides is 1. The van der Waals surface area contributed by atoms with E-state index in [2.05, 4.69) is 10.4 Å². The highest BCUT2D eigenvalue weighted by Gasteiger charge is 2.03. The normalized spacial score (nSPS) is 10.3. The molecule has 0 aliphatic rings. The lowest BCUT2D eigenvalue weighted by molar-refractivity contribution is -0.123. The highest BCUT2D eigenvalue weighted by Crippen LogP contribution is 2.10. The van der Waals surface area contributed by atoms with E-state index >= 15 is 0 Å². The molecule has 22 heavy (non-hydrogen) atoms. The molecule has 1 amide bonds. The summed E-state index contributed by atoms with van der Waals surface area (Å²) < 4.78 is 6.70. The molecule has 0 unspecified atom stereocenters. The van der Waals surface area contributed by atoms with Crippen LogP contribution < -0.4 is 15.6 Å². The van der Waals surface area contributed by atoms with Crippen molar-refractivity contribution in [1.29, 1.82) is 0 Å². The number of aryl methyl sites for hydroxylation is 2. The molecular formula is C16H19N3O3. The van der Waals surface area contributed by atoms with E-state index in [-0.39, 0.29) is 18.1 Å². The summed E-state index contributed by atoms with van der Waals surface area (Å²) in [5, 5.41) is 6.79. The molecule has 6 nitrogen and oxygen atoms in total. The van der Waals surface area contributed by atoms with Crippen molar-refractivity contribution in [3.63, 3.8) is 0 Å². The second-order valence-electron chi connectivity index (χ2n) is 4.99. The van der Waals surface area contributed by atoms with E-state index in [9.17, 15) is 9.59 Å². The van der Waals surface area contributed by atoms with Gasteiger partial charge in [0.15, 0.2) is 6.61 Å². The van der Waals surface area contributed by atoms with E-state index in [0.29, 0.717) is 18.8 Å². The van der Waals surface area contributed by atoms with Gasteiger partial charge in [0.2, 0.25) is 0 Å². The summed E-state index contributed by atoms with van der Waals surface area (Å²) in [5.41, 5.74) is 1.71. The van der Waals surface area contributed by atoms with Crippen molar-refractivity contribution in [2.45, 2.75) is 20.4 Å². The number of nitrogens with zero attached hydrogens (tertiary/aromatic N) is 2. The lowest BCUT2D eigenvalue weighted by Crippen LogP contribution is -2.34. The number of ether oxygens (including phenoxy) is 1. The molecule has 0 saturated heterocycles. The molecule has 6 heteroatoms. The maximum atomic E-state index is 11.7. The third-order valence-electron chi connectivity index (χ3n) is 3.04. The van der Waals surface area contributed by atoms with Crippen LogP contribution in [0.25, 0.3) is 0 Å². The Morgan fingerprint density at radius 2 is 1.91 bits per heavy atom. The van der Waals surface area contributed by atoms with E-state index < -0.39 is 0 Å². The standard InChI is InChI=1S/C16H19N3O3/c1-12-3-6-14(7-4-12)22-11-15(20)17-9-10-19-16(21)8-5-13(2)18-19/h3-8H,9-11H2,1-2H3,(H,17,20). The molecule has 0 radical (unpaired) electrons. The van der Waals surface area contributed by atoms with Crippen LogP contribution in [0, 0.1) is 13.8 Å².